The topological polar surface area (TPSA) is 71.5 Å². The van der Waals surface area contributed by atoms with Crippen molar-refractivity contribution in [2.24, 2.45) is 0 Å². The molecule has 0 saturated carbocycles. The molecule has 2 aromatic carbocycles. The van der Waals surface area contributed by atoms with Gasteiger partial charge in [0.15, 0.2) is 0 Å². The molecule has 0 spiro atoms. The van der Waals surface area contributed by atoms with Crippen LogP contribution in [-0.2, 0) is 4.84 Å². The minimum Gasteiger partial charge on any atom is -0.478 e. The van der Waals surface area contributed by atoms with Crippen molar-refractivity contribution in [3.05, 3.63) is 69.3 Å². The quantitative estimate of drug-likeness (QED) is 0.299. The van der Waals surface area contributed by atoms with Crippen molar-refractivity contribution < 1.29 is 14.7 Å². The number of hydrogen-bond donors (Lipinski definition) is 2. The van der Waals surface area contributed by atoms with E-state index in [4.69, 9.17) is 9.82 Å². The number of nitrogens with zero attached hydrogens (tertiary/aromatic N) is 1. The van der Waals surface area contributed by atoms with Gasteiger partial charge in [-0.3, -0.25) is 10.3 Å². The van der Waals surface area contributed by atoms with Gasteiger partial charge in [0, 0.05) is 16.5 Å². The third-order valence-corrected chi connectivity index (χ3v) is 6.79. The number of aromatic nitrogens is 1. The predicted octanol–water partition coefficient (Wildman–Crippen LogP) is 6.64. The summed E-state index contributed by atoms with van der Waals surface area (Å²) in [5.74, 6) is -0.993. The smallest absolute Gasteiger partial charge is 0.336 e. The number of anilines is 1. The van der Waals surface area contributed by atoms with Gasteiger partial charge in [0.2, 0.25) is 0 Å². The monoisotopic (exact) mass is 486 g/mol. The van der Waals surface area contributed by atoms with Crippen molar-refractivity contribution in [3.63, 3.8) is 0 Å². The summed E-state index contributed by atoms with van der Waals surface area (Å²) in [6.45, 7) is 0. The molecule has 0 atom stereocenters. The summed E-state index contributed by atoms with van der Waals surface area (Å²) in [5.41, 5.74) is 6.74. The first-order chi connectivity index (χ1) is 14.1. The summed E-state index contributed by atoms with van der Waals surface area (Å²) >= 11 is 6.57. The van der Waals surface area contributed by atoms with E-state index in [2.05, 4.69) is 21.4 Å². The minimum absolute atomic E-state index is 0.212. The lowest BCUT2D eigenvalue weighted by atomic mass is 9.96. The van der Waals surface area contributed by atoms with Crippen LogP contribution in [0.4, 0.5) is 5.69 Å². The van der Waals surface area contributed by atoms with Gasteiger partial charge >= 0.3 is 5.97 Å². The van der Waals surface area contributed by atoms with Gasteiger partial charge < -0.3 is 5.11 Å². The summed E-state index contributed by atoms with van der Waals surface area (Å²) in [6.07, 6.45) is 0. The first-order valence-corrected chi connectivity index (χ1v) is 11.0. The van der Waals surface area contributed by atoms with Gasteiger partial charge in [0.05, 0.1) is 32.7 Å². The Morgan fingerprint density at radius 1 is 1.14 bits per heavy atom. The first kappa shape index (κ1) is 19.8. The van der Waals surface area contributed by atoms with E-state index >= 15 is 0 Å². The zero-order valence-electron chi connectivity index (χ0n) is 15.2. The van der Waals surface area contributed by atoms with Gasteiger partial charge in [0.25, 0.3) is 0 Å². The molecule has 0 aliphatic heterocycles. The van der Waals surface area contributed by atoms with Gasteiger partial charge in [-0.1, -0.05) is 30.3 Å². The Morgan fingerprint density at radius 3 is 2.69 bits per heavy atom. The van der Waals surface area contributed by atoms with Crippen molar-refractivity contribution in [3.8, 4) is 32.3 Å². The number of thiazole rings is 1. The fourth-order valence-electron chi connectivity index (χ4n) is 2.98. The van der Waals surface area contributed by atoms with Gasteiger partial charge in [-0.2, -0.15) is 0 Å². The summed E-state index contributed by atoms with van der Waals surface area (Å²) < 4.78 is 1.04. The van der Waals surface area contributed by atoms with Crippen LogP contribution in [0.3, 0.4) is 0 Å². The number of carbonyl (C=O) groups is 1. The van der Waals surface area contributed by atoms with Crippen molar-refractivity contribution in [1.29, 1.82) is 0 Å². The minimum atomic E-state index is -0.993. The number of benzene rings is 2. The Morgan fingerprint density at radius 2 is 1.97 bits per heavy atom. The molecule has 0 amide bonds. The standard InChI is InChI=1S/C21H15BrN2O3S2/c1-27-24-16-5-3-2-4-14(16)13-7-6-12(10-15(13)21(25)26)20-23-17(11-28-20)18-8-9-19(22)29-18/h2-11,24H,1H3,(H,25,26). The van der Waals surface area contributed by atoms with E-state index in [1.54, 1.807) is 17.4 Å². The van der Waals surface area contributed by atoms with Gasteiger partial charge in [0.1, 0.15) is 5.01 Å². The van der Waals surface area contributed by atoms with Crippen LogP contribution >= 0.6 is 38.6 Å². The molecule has 8 heteroatoms. The SMILES string of the molecule is CONc1ccccc1-c1ccc(-c2nc(-c3ccc(Br)s3)cs2)cc1C(=O)O. The lowest BCUT2D eigenvalue weighted by Gasteiger charge is -2.13. The molecule has 2 aromatic heterocycles. The number of para-hydroxylation sites is 1. The molecule has 4 rings (SSSR count). The molecule has 0 saturated heterocycles. The Hall–Kier alpha value is -2.52. The molecule has 2 N–H and O–H groups in total. The molecule has 5 nitrogen and oxygen atoms in total. The molecule has 146 valence electrons. The second-order valence-electron chi connectivity index (χ2n) is 6.06. The summed E-state index contributed by atoms with van der Waals surface area (Å²) in [7, 11) is 1.52. The molecule has 2 heterocycles. The highest BCUT2D eigenvalue weighted by atomic mass is 79.9. The molecule has 0 aliphatic rings. The number of carboxylic acids is 1. The van der Waals surface area contributed by atoms with Gasteiger partial charge in [-0.15, -0.1) is 22.7 Å². The van der Waals surface area contributed by atoms with Crippen LogP contribution in [0.2, 0.25) is 0 Å². The third-order valence-electron chi connectivity index (χ3n) is 4.26. The van der Waals surface area contributed by atoms with Crippen LogP contribution < -0.4 is 5.48 Å². The summed E-state index contributed by atoms with van der Waals surface area (Å²) in [6, 6.07) is 16.8. The third kappa shape index (κ3) is 4.11. The highest BCUT2D eigenvalue weighted by Crippen LogP contribution is 2.37. The van der Waals surface area contributed by atoms with Crippen LogP contribution in [0.5, 0.6) is 0 Å². The molecular weight excluding hydrogens is 472 g/mol. The van der Waals surface area contributed by atoms with Crippen LogP contribution in [0, 0.1) is 0 Å². The highest BCUT2D eigenvalue weighted by Gasteiger charge is 2.17. The van der Waals surface area contributed by atoms with Crippen LogP contribution in [0.25, 0.3) is 32.3 Å². The molecule has 4 aromatic rings. The second-order valence-corrected chi connectivity index (χ2v) is 9.38. The lowest BCUT2D eigenvalue weighted by Crippen LogP contribution is -2.03. The molecule has 0 radical (unpaired) electrons. The number of thiophene rings is 1. The van der Waals surface area contributed by atoms with Crippen LogP contribution in [0.1, 0.15) is 10.4 Å². The Balaban J connectivity index is 1.76. The largest absolute Gasteiger partial charge is 0.478 e. The summed E-state index contributed by atoms with van der Waals surface area (Å²) in [5, 5.41) is 12.6. The molecule has 0 aliphatic carbocycles. The second kappa shape index (κ2) is 8.46. The van der Waals surface area contributed by atoms with Crippen LogP contribution in [-0.4, -0.2) is 23.2 Å². The van der Waals surface area contributed by atoms with Gasteiger partial charge in [-0.25, -0.2) is 9.78 Å². The molecule has 29 heavy (non-hydrogen) atoms. The van der Waals surface area contributed by atoms with Crippen LogP contribution in [0.15, 0.2) is 63.8 Å². The van der Waals surface area contributed by atoms with Crippen molar-refractivity contribution in [2.45, 2.75) is 0 Å². The maximum atomic E-state index is 12.0. The number of halogens is 1. The maximum absolute atomic E-state index is 12.0. The Bertz CT molecular complexity index is 1190. The Kier molecular flexibility index (Phi) is 5.77. The molecule has 0 unspecified atom stereocenters. The van der Waals surface area contributed by atoms with E-state index < -0.39 is 5.97 Å². The lowest BCUT2D eigenvalue weighted by molar-refractivity contribution is 0.0698. The zero-order chi connectivity index (χ0) is 20.4. The number of carboxylic acid groups (broad SMARTS) is 1. The van der Waals surface area contributed by atoms with Crippen molar-refractivity contribution >= 4 is 50.3 Å². The average Bonchev–Trinajstić information content (AvgIpc) is 3.37. The average molecular weight is 487 g/mol. The van der Waals surface area contributed by atoms with E-state index in [1.165, 1.54) is 18.4 Å². The predicted molar refractivity (Wildman–Crippen MR) is 122 cm³/mol. The summed E-state index contributed by atoms with van der Waals surface area (Å²) in [4.78, 5) is 22.8. The van der Waals surface area contributed by atoms with E-state index in [1.807, 2.05) is 53.9 Å². The maximum Gasteiger partial charge on any atom is 0.336 e. The number of aromatic carboxylic acids is 1. The number of hydrogen-bond acceptors (Lipinski definition) is 6. The molecule has 0 fully saturated rings. The van der Waals surface area contributed by atoms with E-state index in [0.717, 1.165) is 30.5 Å². The zero-order valence-corrected chi connectivity index (χ0v) is 18.4. The normalized spacial score (nSPS) is 10.8. The number of rotatable bonds is 6. The Labute approximate surface area is 183 Å². The molecular formula is C21H15BrN2O3S2. The van der Waals surface area contributed by atoms with E-state index in [-0.39, 0.29) is 5.56 Å². The fraction of sp³-hybridized carbons (Fsp3) is 0.0476. The van der Waals surface area contributed by atoms with E-state index in [0.29, 0.717) is 11.3 Å². The van der Waals surface area contributed by atoms with E-state index in [9.17, 15) is 9.90 Å². The fourth-order valence-corrected chi connectivity index (χ4v) is 5.22. The van der Waals surface area contributed by atoms with Crippen molar-refractivity contribution in [1.82, 2.24) is 4.98 Å². The number of nitrogens with one attached hydrogen (secondary N) is 1. The van der Waals surface area contributed by atoms with Gasteiger partial charge in [-0.05, 0) is 45.8 Å². The molecule has 0 bridgehead atoms. The first-order valence-electron chi connectivity index (χ1n) is 8.54. The highest BCUT2D eigenvalue weighted by molar-refractivity contribution is 9.11. The van der Waals surface area contributed by atoms with Crippen molar-refractivity contribution in [2.75, 3.05) is 12.6 Å².